The summed E-state index contributed by atoms with van der Waals surface area (Å²) in [5, 5.41) is 6.66. The summed E-state index contributed by atoms with van der Waals surface area (Å²) in [5.41, 5.74) is 1.93. The Hall–Kier alpha value is -2.64. The van der Waals surface area contributed by atoms with Crippen LogP contribution in [-0.4, -0.2) is 31.2 Å². The Morgan fingerprint density at radius 1 is 1.19 bits per heavy atom. The van der Waals surface area contributed by atoms with Crippen LogP contribution in [0, 0.1) is 5.82 Å². The lowest BCUT2D eigenvalue weighted by Gasteiger charge is -2.18. The third-order valence-corrected chi connectivity index (χ3v) is 5.25. The Morgan fingerprint density at radius 2 is 2.00 bits per heavy atom. The molecule has 0 fully saturated rings. The summed E-state index contributed by atoms with van der Waals surface area (Å²) < 4.78 is 26.9. The number of fused-ring (bicyclic) bond motifs is 1. The molecular weight excluding hydrogens is 389 g/mol. The number of aromatic nitrogens is 1. The Morgan fingerprint density at radius 3 is 2.78 bits per heavy atom. The van der Waals surface area contributed by atoms with Gasteiger partial charge in [0.25, 0.3) is 0 Å². The van der Waals surface area contributed by atoms with Gasteiger partial charge in [-0.05, 0) is 30.3 Å². The van der Waals surface area contributed by atoms with Crippen LogP contribution in [0.15, 0.2) is 51.9 Å². The van der Waals surface area contributed by atoms with Crippen molar-refractivity contribution in [3.63, 3.8) is 0 Å². The second-order valence-corrected chi connectivity index (χ2v) is 6.92. The Bertz CT molecular complexity index is 1070. The van der Waals surface area contributed by atoms with E-state index in [1.54, 1.807) is 23.9 Å². The number of thiazole rings is 1. The summed E-state index contributed by atoms with van der Waals surface area (Å²) in [4.78, 5) is 4.92. The average Bonchev–Trinajstić information content (AvgIpc) is 3.10. The van der Waals surface area contributed by atoms with Gasteiger partial charge in [-0.1, -0.05) is 17.7 Å². The molecule has 2 heterocycles. The van der Waals surface area contributed by atoms with Crippen molar-refractivity contribution < 1.29 is 13.9 Å². The second kappa shape index (κ2) is 7.54. The quantitative estimate of drug-likeness (QED) is 0.615. The molecule has 0 spiro atoms. The van der Waals surface area contributed by atoms with Gasteiger partial charge in [0.1, 0.15) is 19.0 Å². The van der Waals surface area contributed by atoms with Gasteiger partial charge in [-0.15, -0.1) is 11.3 Å². The number of benzene rings is 2. The first kappa shape index (κ1) is 17.8. The Labute approximate surface area is 164 Å². The third-order valence-electron chi connectivity index (χ3n) is 4.02. The predicted molar refractivity (Wildman–Crippen MR) is 105 cm³/mol. The summed E-state index contributed by atoms with van der Waals surface area (Å²) >= 11 is 7.52. The van der Waals surface area contributed by atoms with Crippen LogP contribution in [-0.2, 0) is 0 Å². The summed E-state index contributed by atoms with van der Waals surface area (Å²) in [6, 6.07) is 10.2. The van der Waals surface area contributed by atoms with E-state index in [4.69, 9.17) is 21.1 Å². The maximum Gasteiger partial charge on any atom is 0.205 e. The van der Waals surface area contributed by atoms with Gasteiger partial charge in [0, 0.05) is 23.6 Å². The number of rotatable bonds is 3. The van der Waals surface area contributed by atoms with Crippen molar-refractivity contribution in [1.29, 1.82) is 0 Å². The lowest BCUT2D eigenvalue weighted by atomic mass is 10.1. The van der Waals surface area contributed by atoms with Crippen LogP contribution in [0.25, 0.3) is 11.3 Å². The molecule has 0 N–H and O–H groups in total. The van der Waals surface area contributed by atoms with Gasteiger partial charge in [-0.2, -0.15) is 5.10 Å². The van der Waals surface area contributed by atoms with Gasteiger partial charge in [0.15, 0.2) is 11.5 Å². The maximum atomic E-state index is 14.0. The Kier molecular flexibility index (Phi) is 4.96. The van der Waals surface area contributed by atoms with E-state index in [0.29, 0.717) is 34.5 Å². The van der Waals surface area contributed by atoms with Crippen molar-refractivity contribution in [2.75, 3.05) is 20.3 Å². The summed E-state index contributed by atoms with van der Waals surface area (Å²) in [6.07, 6.45) is 1.40. The average molecular weight is 404 g/mol. The van der Waals surface area contributed by atoms with Crippen LogP contribution in [0.3, 0.4) is 0 Å². The molecule has 138 valence electrons. The first-order chi connectivity index (χ1) is 13.2. The molecule has 0 saturated heterocycles. The molecule has 0 aliphatic carbocycles. The van der Waals surface area contributed by atoms with E-state index in [2.05, 4.69) is 10.1 Å². The number of hydrogen-bond donors (Lipinski definition) is 0. The molecule has 0 amide bonds. The van der Waals surface area contributed by atoms with Gasteiger partial charge in [-0.25, -0.2) is 9.07 Å². The third kappa shape index (κ3) is 3.48. The molecule has 8 heteroatoms. The van der Waals surface area contributed by atoms with Crippen LogP contribution in [0.4, 0.5) is 4.39 Å². The van der Waals surface area contributed by atoms with Crippen molar-refractivity contribution in [2.24, 2.45) is 10.1 Å². The predicted octanol–water partition coefficient (Wildman–Crippen LogP) is 4.19. The zero-order valence-corrected chi connectivity index (χ0v) is 15.9. The fourth-order valence-corrected chi connectivity index (χ4v) is 3.73. The lowest BCUT2D eigenvalue weighted by Crippen LogP contribution is -2.15. The first-order valence-corrected chi connectivity index (χ1v) is 9.45. The molecule has 2 aromatic carbocycles. The van der Waals surface area contributed by atoms with Crippen molar-refractivity contribution in [3.8, 4) is 22.8 Å². The van der Waals surface area contributed by atoms with E-state index in [9.17, 15) is 4.39 Å². The normalized spacial score (nSPS) is 14.1. The van der Waals surface area contributed by atoms with Crippen molar-refractivity contribution in [2.45, 2.75) is 0 Å². The van der Waals surface area contributed by atoms with Crippen LogP contribution < -0.4 is 14.3 Å². The van der Waals surface area contributed by atoms with E-state index in [1.165, 1.54) is 23.6 Å². The summed E-state index contributed by atoms with van der Waals surface area (Å²) in [5.74, 6) is 0.972. The zero-order chi connectivity index (χ0) is 18.8. The number of ether oxygens (including phenoxy) is 2. The van der Waals surface area contributed by atoms with Gasteiger partial charge in [0.2, 0.25) is 4.80 Å². The summed E-state index contributed by atoms with van der Waals surface area (Å²) in [6.45, 7) is 1.05. The smallest absolute Gasteiger partial charge is 0.205 e. The molecule has 27 heavy (non-hydrogen) atoms. The minimum absolute atomic E-state index is 0.230. The van der Waals surface area contributed by atoms with Gasteiger partial charge in [-0.3, -0.25) is 4.99 Å². The molecule has 1 aliphatic rings. The standard InChI is InChI=1S/C19H15ClFN3O2S/c1-22-19-24(23-10-13-14(20)3-2-4-15(13)21)16(11-27-19)12-5-6-17-18(9-12)26-8-7-25-17/h2-6,9-11H,7-8H2,1H3/b22-19?,23-10-. The second-order valence-electron chi connectivity index (χ2n) is 5.68. The first-order valence-electron chi connectivity index (χ1n) is 8.19. The fourth-order valence-electron chi connectivity index (χ4n) is 2.71. The minimum Gasteiger partial charge on any atom is -0.486 e. The zero-order valence-electron chi connectivity index (χ0n) is 14.4. The number of nitrogens with zero attached hydrogens (tertiary/aromatic N) is 3. The lowest BCUT2D eigenvalue weighted by molar-refractivity contribution is 0.171. The molecule has 0 radical (unpaired) electrons. The van der Waals surface area contributed by atoms with E-state index >= 15 is 0 Å². The molecule has 1 aromatic heterocycles. The van der Waals surface area contributed by atoms with Crippen molar-refractivity contribution in [3.05, 3.63) is 63.0 Å². The van der Waals surface area contributed by atoms with E-state index in [0.717, 1.165) is 11.3 Å². The molecule has 3 aromatic rings. The van der Waals surface area contributed by atoms with Crippen LogP contribution in [0.5, 0.6) is 11.5 Å². The molecule has 5 nitrogen and oxygen atoms in total. The topological polar surface area (TPSA) is 48.1 Å². The van der Waals surface area contributed by atoms with Gasteiger partial charge < -0.3 is 9.47 Å². The monoisotopic (exact) mass is 403 g/mol. The Balaban J connectivity index is 1.78. The SMILES string of the molecule is CN=c1scc(-c2ccc3c(c2)OCCO3)n1/N=C\c1c(F)cccc1Cl. The van der Waals surface area contributed by atoms with Crippen molar-refractivity contribution >= 4 is 29.2 Å². The fraction of sp³-hybridized carbons (Fsp3) is 0.158. The minimum atomic E-state index is -0.432. The number of hydrogen-bond acceptors (Lipinski definition) is 5. The largest absolute Gasteiger partial charge is 0.486 e. The van der Waals surface area contributed by atoms with Crippen LogP contribution >= 0.6 is 22.9 Å². The molecule has 0 atom stereocenters. The van der Waals surface area contributed by atoms with E-state index in [1.807, 2.05) is 23.6 Å². The highest BCUT2D eigenvalue weighted by atomic mass is 35.5. The van der Waals surface area contributed by atoms with Crippen LogP contribution in [0.2, 0.25) is 5.02 Å². The summed E-state index contributed by atoms with van der Waals surface area (Å²) in [7, 11) is 1.68. The maximum absolute atomic E-state index is 14.0. The molecule has 1 aliphatic heterocycles. The molecule has 0 unspecified atom stereocenters. The highest BCUT2D eigenvalue weighted by molar-refractivity contribution is 7.07. The van der Waals surface area contributed by atoms with Crippen LogP contribution in [0.1, 0.15) is 5.56 Å². The molecule has 4 rings (SSSR count). The number of halogens is 2. The highest BCUT2D eigenvalue weighted by Gasteiger charge is 2.15. The van der Waals surface area contributed by atoms with E-state index in [-0.39, 0.29) is 5.56 Å². The van der Waals surface area contributed by atoms with Gasteiger partial charge >= 0.3 is 0 Å². The van der Waals surface area contributed by atoms with E-state index < -0.39 is 5.82 Å². The van der Waals surface area contributed by atoms with Gasteiger partial charge in [0.05, 0.1) is 16.9 Å². The molecule has 0 saturated carbocycles. The molecular formula is C19H15ClFN3O2S. The highest BCUT2D eigenvalue weighted by Crippen LogP contribution is 2.34. The van der Waals surface area contributed by atoms with Crippen molar-refractivity contribution in [1.82, 2.24) is 4.68 Å². The molecule has 0 bridgehead atoms.